The van der Waals surface area contributed by atoms with Gasteiger partial charge in [0.2, 0.25) is 11.8 Å². The van der Waals surface area contributed by atoms with Crippen molar-refractivity contribution in [1.82, 2.24) is 15.5 Å². The molecule has 6 nitrogen and oxygen atoms in total. The topological polar surface area (TPSA) is 78.5 Å². The summed E-state index contributed by atoms with van der Waals surface area (Å²) in [4.78, 5) is 38.4. The highest BCUT2D eigenvalue weighted by atomic mass is 16.2. The number of nitrogens with zero attached hydrogens (tertiary/aromatic N) is 1. The van der Waals surface area contributed by atoms with E-state index >= 15 is 0 Å². The fourth-order valence-electron chi connectivity index (χ4n) is 8.41. The molecule has 2 N–H and O–H groups in total. The molecule has 0 radical (unpaired) electrons. The van der Waals surface area contributed by atoms with Gasteiger partial charge in [0, 0.05) is 36.1 Å². The Hall–Kier alpha value is -2.65. The molecule has 3 amide bonds. The molecule has 7 rings (SSSR count). The van der Waals surface area contributed by atoms with Gasteiger partial charge in [-0.3, -0.25) is 19.7 Å². The Morgan fingerprint density at radius 1 is 0.947 bits per heavy atom. The van der Waals surface area contributed by atoms with Crippen LogP contribution in [0.5, 0.6) is 0 Å². The van der Waals surface area contributed by atoms with Crippen molar-refractivity contribution in [1.29, 1.82) is 0 Å². The Labute approximate surface area is 226 Å². The van der Waals surface area contributed by atoms with Crippen LogP contribution in [0.2, 0.25) is 0 Å². The summed E-state index contributed by atoms with van der Waals surface area (Å²) in [6, 6.07) is 5.05. The van der Waals surface area contributed by atoms with Crippen LogP contribution >= 0.6 is 0 Å². The van der Waals surface area contributed by atoms with Crippen molar-refractivity contribution in [3.05, 3.63) is 34.9 Å². The number of amides is 3. The number of imide groups is 1. The third kappa shape index (κ3) is 5.27. The van der Waals surface area contributed by atoms with Crippen LogP contribution in [-0.2, 0) is 16.1 Å². The fraction of sp³-hybridized carbons (Fsp3) is 0.656. The van der Waals surface area contributed by atoms with Gasteiger partial charge in [-0.1, -0.05) is 37.2 Å². The molecular formula is C32H41N3O3. The number of hydrogen-bond donors (Lipinski definition) is 2. The van der Waals surface area contributed by atoms with E-state index in [9.17, 15) is 14.4 Å². The molecule has 1 unspecified atom stereocenters. The first-order chi connectivity index (χ1) is 18.5. The van der Waals surface area contributed by atoms with E-state index in [1.165, 1.54) is 70.8 Å². The third-order valence-electron chi connectivity index (χ3n) is 9.82. The Morgan fingerprint density at radius 3 is 2.39 bits per heavy atom. The quantitative estimate of drug-likeness (QED) is 0.284. The number of rotatable bonds is 9. The molecule has 1 saturated heterocycles. The molecule has 1 atom stereocenters. The summed E-state index contributed by atoms with van der Waals surface area (Å²) in [7, 11) is 0. The summed E-state index contributed by atoms with van der Waals surface area (Å²) in [6.07, 6.45) is 16.5. The second kappa shape index (κ2) is 10.8. The summed E-state index contributed by atoms with van der Waals surface area (Å²) < 4.78 is 0. The van der Waals surface area contributed by atoms with Gasteiger partial charge in [0.25, 0.3) is 5.91 Å². The maximum atomic E-state index is 13.0. The number of fused-ring (bicyclic) bond motifs is 1. The van der Waals surface area contributed by atoms with Crippen molar-refractivity contribution >= 4 is 17.7 Å². The van der Waals surface area contributed by atoms with Crippen LogP contribution in [0.4, 0.5) is 0 Å². The Morgan fingerprint density at radius 2 is 1.66 bits per heavy atom. The highest BCUT2D eigenvalue weighted by Crippen LogP contribution is 2.55. The van der Waals surface area contributed by atoms with E-state index < -0.39 is 6.04 Å². The van der Waals surface area contributed by atoms with Gasteiger partial charge in [0.15, 0.2) is 0 Å². The number of nitrogens with one attached hydrogen (secondary N) is 2. The van der Waals surface area contributed by atoms with E-state index in [1.54, 1.807) is 4.90 Å². The molecule has 38 heavy (non-hydrogen) atoms. The molecule has 6 heteroatoms. The van der Waals surface area contributed by atoms with Crippen molar-refractivity contribution in [2.75, 3.05) is 6.54 Å². The van der Waals surface area contributed by atoms with Crippen LogP contribution in [-0.4, -0.2) is 40.7 Å². The highest BCUT2D eigenvalue weighted by molar-refractivity contribution is 6.05. The molecule has 4 bridgehead atoms. The minimum atomic E-state index is -0.587. The lowest BCUT2D eigenvalue weighted by Crippen LogP contribution is -2.58. The zero-order valence-electron chi connectivity index (χ0n) is 22.5. The van der Waals surface area contributed by atoms with Crippen molar-refractivity contribution in [2.24, 2.45) is 17.8 Å². The summed E-state index contributed by atoms with van der Waals surface area (Å²) in [5.74, 6) is 8.85. The second-order valence-electron chi connectivity index (χ2n) is 12.7. The number of carbonyl (C=O) groups excluding carboxylic acids is 3. The minimum absolute atomic E-state index is 0.143. The molecule has 4 aliphatic carbocycles. The maximum absolute atomic E-state index is 13.0. The minimum Gasteiger partial charge on any atom is -0.322 e. The second-order valence-corrected chi connectivity index (χ2v) is 12.7. The Kier molecular flexibility index (Phi) is 7.31. The number of hydrogen-bond acceptors (Lipinski definition) is 4. The van der Waals surface area contributed by atoms with Crippen LogP contribution in [0.3, 0.4) is 0 Å². The van der Waals surface area contributed by atoms with E-state index in [-0.39, 0.29) is 24.1 Å². The van der Waals surface area contributed by atoms with Gasteiger partial charge in [-0.05, 0) is 99.8 Å². The number of benzene rings is 1. The van der Waals surface area contributed by atoms with E-state index in [0.29, 0.717) is 24.1 Å². The van der Waals surface area contributed by atoms with Crippen molar-refractivity contribution in [2.45, 2.75) is 108 Å². The van der Waals surface area contributed by atoms with Crippen LogP contribution in [0, 0.1) is 29.6 Å². The third-order valence-corrected chi connectivity index (χ3v) is 9.82. The van der Waals surface area contributed by atoms with E-state index in [2.05, 4.69) is 22.5 Å². The largest absolute Gasteiger partial charge is 0.322 e. The summed E-state index contributed by atoms with van der Waals surface area (Å²) >= 11 is 0. The number of piperidine rings is 1. The molecule has 0 aromatic heterocycles. The van der Waals surface area contributed by atoms with E-state index in [1.807, 2.05) is 18.2 Å². The lowest BCUT2D eigenvalue weighted by molar-refractivity contribution is -0.136. The average molecular weight is 516 g/mol. The highest BCUT2D eigenvalue weighted by Gasteiger charge is 2.50. The Balaban J connectivity index is 0.908. The fourth-order valence-corrected chi connectivity index (χ4v) is 8.41. The van der Waals surface area contributed by atoms with Crippen LogP contribution in [0.1, 0.15) is 111 Å². The van der Waals surface area contributed by atoms with Crippen molar-refractivity contribution in [3.63, 3.8) is 0 Å². The molecule has 1 aromatic carbocycles. The first-order valence-corrected chi connectivity index (χ1v) is 15.0. The summed E-state index contributed by atoms with van der Waals surface area (Å²) in [5.41, 5.74) is 2.90. The van der Waals surface area contributed by atoms with Crippen molar-refractivity contribution < 1.29 is 14.4 Å². The SMILES string of the molecule is O=C1CCC(N2Cc3c(C#CCCCCCCCNC45CC6CC(CC(C6)C4)C5)cccc3C2=O)C(=O)N1. The van der Waals surface area contributed by atoms with Crippen molar-refractivity contribution in [3.8, 4) is 11.8 Å². The number of unbranched alkanes of at least 4 members (excludes halogenated alkanes) is 5. The molecule has 5 fully saturated rings. The number of carbonyl (C=O) groups is 3. The van der Waals surface area contributed by atoms with Crippen LogP contribution < -0.4 is 10.6 Å². The lowest BCUT2D eigenvalue weighted by atomic mass is 9.53. The normalized spacial score (nSPS) is 31.3. The average Bonchev–Trinajstić information content (AvgIpc) is 3.21. The molecule has 2 aliphatic heterocycles. The molecular weight excluding hydrogens is 474 g/mol. The summed E-state index contributed by atoms with van der Waals surface area (Å²) in [5, 5.41) is 6.38. The van der Waals surface area contributed by atoms with Gasteiger partial charge in [0.05, 0.1) is 0 Å². The Bertz CT molecular complexity index is 1130. The van der Waals surface area contributed by atoms with Gasteiger partial charge < -0.3 is 10.2 Å². The first kappa shape index (κ1) is 25.6. The predicted octanol–water partition coefficient (Wildman–Crippen LogP) is 4.70. The van der Waals surface area contributed by atoms with Gasteiger partial charge in [0.1, 0.15) is 6.04 Å². The zero-order chi connectivity index (χ0) is 26.1. The molecule has 1 aromatic rings. The molecule has 4 saturated carbocycles. The zero-order valence-corrected chi connectivity index (χ0v) is 22.5. The predicted molar refractivity (Wildman–Crippen MR) is 146 cm³/mol. The molecule has 6 aliphatic rings. The maximum Gasteiger partial charge on any atom is 0.255 e. The van der Waals surface area contributed by atoms with Gasteiger partial charge >= 0.3 is 0 Å². The monoisotopic (exact) mass is 515 g/mol. The van der Waals surface area contributed by atoms with Gasteiger partial charge in [-0.25, -0.2) is 0 Å². The first-order valence-electron chi connectivity index (χ1n) is 15.0. The van der Waals surface area contributed by atoms with Gasteiger partial charge in [-0.2, -0.15) is 0 Å². The molecule has 2 heterocycles. The van der Waals surface area contributed by atoms with E-state index in [4.69, 9.17) is 0 Å². The summed E-state index contributed by atoms with van der Waals surface area (Å²) in [6.45, 7) is 1.56. The molecule has 0 spiro atoms. The van der Waals surface area contributed by atoms with Crippen LogP contribution in [0.15, 0.2) is 18.2 Å². The lowest BCUT2D eigenvalue weighted by Gasteiger charge is -2.57. The standard InChI is InChI=1S/C32H41N3O3/c36-29-13-12-28(30(37)34-29)35-21-27-25(10-8-11-26(27)31(35)38)9-6-4-2-1-3-5-7-14-33-32-18-22-15-23(19-32)17-24(16-22)20-32/h8,10-11,22-24,28,33H,1-5,7,12-21H2,(H,34,36,37). The van der Waals surface area contributed by atoms with Gasteiger partial charge in [-0.15, -0.1) is 0 Å². The smallest absolute Gasteiger partial charge is 0.255 e. The van der Waals surface area contributed by atoms with Crippen LogP contribution in [0.25, 0.3) is 0 Å². The molecule has 202 valence electrons. The van der Waals surface area contributed by atoms with E-state index in [0.717, 1.165) is 41.7 Å².